The van der Waals surface area contributed by atoms with Gasteiger partial charge in [-0.2, -0.15) is 0 Å². The van der Waals surface area contributed by atoms with Crippen molar-refractivity contribution in [2.24, 2.45) is 5.92 Å². The number of ether oxygens (including phenoxy) is 1. The van der Waals surface area contributed by atoms with Crippen molar-refractivity contribution < 1.29 is 13.2 Å². The van der Waals surface area contributed by atoms with E-state index in [1.807, 2.05) is 4.57 Å². The lowest BCUT2D eigenvalue weighted by molar-refractivity contribution is 0.0277. The first-order chi connectivity index (χ1) is 12.9. The fourth-order valence-corrected chi connectivity index (χ4v) is 5.16. The standard InChI is InChI=1S/C20H37N3O3S/c1-5-6-12-23-18(15-22-11-7-10-19(16-22)26-4)14-21-20(23)27(24,25)13-8-9-17(2)3/h14,17,19H,5-13,15-16H2,1-4H3. The number of methoxy groups -OCH3 is 1. The van der Waals surface area contributed by atoms with Crippen LogP contribution in [0.3, 0.4) is 0 Å². The van der Waals surface area contributed by atoms with Crippen molar-refractivity contribution in [2.45, 2.75) is 83.6 Å². The third kappa shape index (κ3) is 6.57. The van der Waals surface area contributed by atoms with E-state index >= 15 is 0 Å². The molecule has 1 aromatic rings. The number of unbranched alkanes of at least 4 members (excludes halogenated alkanes) is 1. The molecule has 1 unspecified atom stereocenters. The smallest absolute Gasteiger partial charge is 0.227 e. The van der Waals surface area contributed by atoms with Crippen LogP contribution in [0.25, 0.3) is 0 Å². The molecule has 0 saturated carbocycles. The van der Waals surface area contributed by atoms with Crippen LogP contribution in [-0.2, 0) is 27.7 Å². The zero-order chi connectivity index (χ0) is 19.9. The predicted octanol–water partition coefficient (Wildman–Crippen LogP) is 3.50. The highest BCUT2D eigenvalue weighted by Gasteiger charge is 2.25. The molecule has 1 atom stereocenters. The first-order valence-electron chi connectivity index (χ1n) is 10.4. The van der Waals surface area contributed by atoms with Crippen molar-refractivity contribution in [3.63, 3.8) is 0 Å². The SMILES string of the molecule is CCCCn1c(CN2CCCC(OC)C2)cnc1S(=O)(=O)CCCC(C)C. The van der Waals surface area contributed by atoms with E-state index in [1.165, 1.54) is 0 Å². The quantitative estimate of drug-likeness (QED) is 0.570. The molecule has 0 radical (unpaired) electrons. The highest BCUT2D eigenvalue weighted by Crippen LogP contribution is 2.20. The van der Waals surface area contributed by atoms with E-state index in [1.54, 1.807) is 13.3 Å². The molecule has 0 spiro atoms. The van der Waals surface area contributed by atoms with Gasteiger partial charge in [-0.3, -0.25) is 4.90 Å². The fraction of sp³-hybridized carbons (Fsp3) is 0.850. The van der Waals surface area contributed by atoms with Gasteiger partial charge in [0, 0.05) is 26.7 Å². The average molecular weight is 400 g/mol. The Morgan fingerprint density at radius 3 is 2.78 bits per heavy atom. The summed E-state index contributed by atoms with van der Waals surface area (Å²) in [6.45, 7) is 9.74. The molecule has 0 aliphatic carbocycles. The van der Waals surface area contributed by atoms with E-state index in [2.05, 4.69) is 30.7 Å². The average Bonchev–Trinajstić information content (AvgIpc) is 3.03. The number of imidazole rings is 1. The largest absolute Gasteiger partial charge is 0.380 e. The van der Waals surface area contributed by atoms with E-state index in [0.717, 1.165) is 57.4 Å². The van der Waals surface area contributed by atoms with E-state index in [0.29, 0.717) is 18.9 Å². The number of hydrogen-bond acceptors (Lipinski definition) is 5. The minimum atomic E-state index is -3.34. The summed E-state index contributed by atoms with van der Waals surface area (Å²) in [5, 5.41) is 0.259. The molecule has 0 amide bonds. The van der Waals surface area contributed by atoms with Gasteiger partial charge in [0.25, 0.3) is 0 Å². The molecule has 1 aliphatic rings. The van der Waals surface area contributed by atoms with E-state index < -0.39 is 9.84 Å². The van der Waals surface area contributed by atoms with E-state index in [9.17, 15) is 8.42 Å². The number of nitrogens with zero attached hydrogens (tertiary/aromatic N) is 3. The van der Waals surface area contributed by atoms with Gasteiger partial charge in [0.2, 0.25) is 15.0 Å². The lowest BCUT2D eigenvalue weighted by Gasteiger charge is -2.32. The number of hydrogen-bond donors (Lipinski definition) is 0. The van der Waals surface area contributed by atoms with Gasteiger partial charge in [-0.05, 0) is 44.6 Å². The first kappa shape index (κ1) is 22.4. The number of sulfone groups is 1. The number of aromatic nitrogens is 2. The molecule has 7 heteroatoms. The minimum Gasteiger partial charge on any atom is -0.380 e. The highest BCUT2D eigenvalue weighted by atomic mass is 32.2. The van der Waals surface area contributed by atoms with Crippen molar-refractivity contribution in [3.8, 4) is 0 Å². The van der Waals surface area contributed by atoms with Crippen LogP contribution >= 0.6 is 0 Å². The van der Waals surface area contributed by atoms with Gasteiger partial charge in [0.15, 0.2) is 0 Å². The lowest BCUT2D eigenvalue weighted by atomic mass is 10.1. The summed E-state index contributed by atoms with van der Waals surface area (Å²) in [5.41, 5.74) is 1.00. The monoisotopic (exact) mass is 399 g/mol. The second-order valence-electron chi connectivity index (χ2n) is 8.13. The van der Waals surface area contributed by atoms with Gasteiger partial charge in [-0.15, -0.1) is 0 Å². The van der Waals surface area contributed by atoms with Crippen molar-refractivity contribution in [1.29, 1.82) is 0 Å². The Morgan fingerprint density at radius 1 is 1.33 bits per heavy atom. The third-order valence-electron chi connectivity index (χ3n) is 5.29. The summed E-state index contributed by atoms with van der Waals surface area (Å²) in [7, 11) is -1.58. The van der Waals surface area contributed by atoms with Crippen molar-refractivity contribution in [1.82, 2.24) is 14.5 Å². The Hall–Kier alpha value is -0.920. The molecule has 0 N–H and O–H groups in total. The molecular formula is C20H37N3O3S. The molecule has 1 aromatic heterocycles. The van der Waals surface area contributed by atoms with Gasteiger partial charge in [0.05, 0.1) is 23.7 Å². The summed E-state index contributed by atoms with van der Waals surface area (Å²) in [4.78, 5) is 6.71. The maximum Gasteiger partial charge on any atom is 0.227 e. The molecular weight excluding hydrogens is 362 g/mol. The van der Waals surface area contributed by atoms with E-state index in [-0.39, 0.29) is 17.0 Å². The van der Waals surface area contributed by atoms with Gasteiger partial charge in [-0.25, -0.2) is 13.4 Å². The van der Waals surface area contributed by atoms with E-state index in [4.69, 9.17) is 4.74 Å². The molecule has 0 aromatic carbocycles. The second kappa shape index (κ2) is 10.6. The summed E-state index contributed by atoms with van der Waals surface area (Å²) < 4.78 is 33.2. The molecule has 156 valence electrons. The molecule has 2 heterocycles. The molecule has 27 heavy (non-hydrogen) atoms. The topological polar surface area (TPSA) is 64.4 Å². The minimum absolute atomic E-state index is 0.184. The van der Waals surface area contributed by atoms with Crippen molar-refractivity contribution in [3.05, 3.63) is 11.9 Å². The van der Waals surface area contributed by atoms with Crippen molar-refractivity contribution in [2.75, 3.05) is 26.0 Å². The summed E-state index contributed by atoms with van der Waals surface area (Å²) in [6, 6.07) is 0. The zero-order valence-corrected chi connectivity index (χ0v) is 18.3. The summed E-state index contributed by atoms with van der Waals surface area (Å²) in [5.74, 6) is 0.701. The lowest BCUT2D eigenvalue weighted by Crippen LogP contribution is -2.39. The summed E-state index contributed by atoms with van der Waals surface area (Å²) >= 11 is 0. The maximum atomic E-state index is 12.9. The molecule has 2 rings (SSSR count). The van der Waals surface area contributed by atoms with Crippen LogP contribution in [0.1, 0.15) is 65.0 Å². The Labute approximate surface area is 165 Å². The Balaban J connectivity index is 2.15. The van der Waals surface area contributed by atoms with Gasteiger partial charge >= 0.3 is 0 Å². The Morgan fingerprint density at radius 2 is 2.11 bits per heavy atom. The highest BCUT2D eigenvalue weighted by molar-refractivity contribution is 7.91. The second-order valence-corrected chi connectivity index (χ2v) is 10.1. The molecule has 1 aliphatic heterocycles. The van der Waals surface area contributed by atoms with Crippen molar-refractivity contribution >= 4 is 9.84 Å². The Bertz CT molecular complexity index is 670. The van der Waals surface area contributed by atoms with Crippen LogP contribution in [0.4, 0.5) is 0 Å². The van der Waals surface area contributed by atoms with Crippen LogP contribution < -0.4 is 0 Å². The summed E-state index contributed by atoms with van der Waals surface area (Å²) in [6.07, 6.45) is 7.84. The predicted molar refractivity (Wildman–Crippen MR) is 109 cm³/mol. The molecule has 6 nitrogen and oxygen atoms in total. The van der Waals surface area contributed by atoms with Gasteiger partial charge < -0.3 is 9.30 Å². The van der Waals surface area contributed by atoms with Gasteiger partial charge in [-0.1, -0.05) is 27.2 Å². The van der Waals surface area contributed by atoms with Crippen LogP contribution in [0.2, 0.25) is 0 Å². The number of piperidine rings is 1. The molecule has 0 bridgehead atoms. The van der Waals surface area contributed by atoms with Crippen LogP contribution in [0, 0.1) is 5.92 Å². The molecule has 1 saturated heterocycles. The van der Waals surface area contributed by atoms with Crippen LogP contribution in [0.15, 0.2) is 11.4 Å². The number of likely N-dealkylation sites (tertiary alicyclic amines) is 1. The van der Waals surface area contributed by atoms with Crippen LogP contribution in [-0.4, -0.2) is 54.9 Å². The normalized spacial score (nSPS) is 19.1. The first-order valence-corrected chi connectivity index (χ1v) is 12.0. The maximum absolute atomic E-state index is 12.9. The number of rotatable bonds is 11. The fourth-order valence-electron chi connectivity index (χ4n) is 3.67. The van der Waals surface area contributed by atoms with Crippen LogP contribution in [0.5, 0.6) is 0 Å². The zero-order valence-electron chi connectivity index (χ0n) is 17.5. The Kier molecular flexibility index (Phi) is 8.76. The molecule has 1 fully saturated rings. The van der Waals surface area contributed by atoms with Gasteiger partial charge in [0.1, 0.15) is 0 Å². The third-order valence-corrected chi connectivity index (χ3v) is 7.00.